The minimum Gasteiger partial charge on any atom is -0.385 e. The van der Waals surface area contributed by atoms with Crippen LogP contribution in [0.25, 0.3) is 0 Å². The van der Waals surface area contributed by atoms with Crippen LogP contribution in [0, 0.1) is 5.92 Å². The van der Waals surface area contributed by atoms with Crippen LogP contribution in [0.2, 0.25) is 0 Å². The Bertz CT molecular complexity index is 533. The summed E-state index contributed by atoms with van der Waals surface area (Å²) >= 11 is 0. The Balaban J connectivity index is 1.64. The number of benzene rings is 1. The van der Waals surface area contributed by atoms with E-state index in [9.17, 15) is 18.3 Å². The van der Waals surface area contributed by atoms with Crippen LogP contribution in [0.3, 0.4) is 0 Å². The number of hydrogen-bond donors (Lipinski definition) is 1. The minimum absolute atomic E-state index is 0.371. The van der Waals surface area contributed by atoms with Gasteiger partial charge in [-0.05, 0) is 42.9 Å². The summed E-state index contributed by atoms with van der Waals surface area (Å²) in [7, 11) is 0. The Morgan fingerprint density at radius 2 is 2.00 bits per heavy atom. The number of aliphatic hydroxyl groups is 1. The van der Waals surface area contributed by atoms with Gasteiger partial charge >= 0.3 is 6.18 Å². The van der Waals surface area contributed by atoms with Crippen LogP contribution in [-0.4, -0.2) is 42.9 Å². The van der Waals surface area contributed by atoms with Crippen molar-refractivity contribution in [2.75, 3.05) is 32.8 Å². The summed E-state index contributed by atoms with van der Waals surface area (Å²) < 4.78 is 43.9. The molecule has 2 fully saturated rings. The SMILES string of the molecule is OC1(c2cccc(C(F)(F)F)c2)CCN(CC2CCOC2)CC1. The van der Waals surface area contributed by atoms with Gasteiger partial charge < -0.3 is 14.7 Å². The molecule has 0 aliphatic carbocycles. The van der Waals surface area contributed by atoms with Gasteiger partial charge in [0.2, 0.25) is 0 Å². The van der Waals surface area contributed by atoms with Crippen LogP contribution < -0.4 is 0 Å². The first-order valence-electron chi connectivity index (χ1n) is 8.07. The fourth-order valence-electron chi connectivity index (χ4n) is 3.47. The number of ether oxygens (including phenoxy) is 1. The summed E-state index contributed by atoms with van der Waals surface area (Å²) in [6.45, 7) is 3.94. The predicted octanol–water partition coefficient (Wildman–Crippen LogP) is 3.03. The van der Waals surface area contributed by atoms with Crippen molar-refractivity contribution in [1.82, 2.24) is 4.90 Å². The molecule has 2 aliphatic rings. The third kappa shape index (κ3) is 3.87. The van der Waals surface area contributed by atoms with E-state index in [1.807, 2.05) is 0 Å². The van der Waals surface area contributed by atoms with E-state index in [2.05, 4.69) is 4.90 Å². The zero-order chi connectivity index (χ0) is 16.5. The molecule has 1 aromatic carbocycles. The van der Waals surface area contributed by atoms with Crippen LogP contribution >= 0.6 is 0 Å². The topological polar surface area (TPSA) is 32.7 Å². The summed E-state index contributed by atoms with van der Waals surface area (Å²) in [5, 5.41) is 10.8. The lowest BCUT2D eigenvalue weighted by Crippen LogP contribution is -2.44. The molecule has 2 saturated heterocycles. The van der Waals surface area contributed by atoms with E-state index in [-0.39, 0.29) is 0 Å². The molecule has 2 aliphatic heterocycles. The van der Waals surface area contributed by atoms with E-state index in [1.54, 1.807) is 6.07 Å². The van der Waals surface area contributed by atoms with Gasteiger partial charge in [0, 0.05) is 26.2 Å². The first-order valence-corrected chi connectivity index (χ1v) is 8.07. The standard InChI is InChI=1S/C17H22F3NO2/c18-17(19,20)15-3-1-2-14(10-15)16(22)5-7-21(8-6-16)11-13-4-9-23-12-13/h1-3,10,13,22H,4-9,11-12H2. The second kappa shape index (κ2) is 6.42. The van der Waals surface area contributed by atoms with Gasteiger partial charge in [-0.2, -0.15) is 13.2 Å². The van der Waals surface area contributed by atoms with Crippen molar-refractivity contribution in [3.8, 4) is 0 Å². The number of nitrogens with zero attached hydrogens (tertiary/aromatic N) is 1. The number of likely N-dealkylation sites (tertiary alicyclic amines) is 1. The maximum atomic E-state index is 12.8. The van der Waals surface area contributed by atoms with Gasteiger partial charge in [0.05, 0.1) is 17.8 Å². The molecular formula is C17H22F3NO2. The fraction of sp³-hybridized carbons (Fsp3) is 0.647. The van der Waals surface area contributed by atoms with Crippen LogP contribution in [0.4, 0.5) is 13.2 Å². The molecule has 0 saturated carbocycles. The average molecular weight is 329 g/mol. The van der Waals surface area contributed by atoms with Gasteiger partial charge in [0.1, 0.15) is 0 Å². The second-order valence-electron chi connectivity index (χ2n) is 6.64. The molecular weight excluding hydrogens is 307 g/mol. The highest BCUT2D eigenvalue weighted by Gasteiger charge is 2.37. The largest absolute Gasteiger partial charge is 0.416 e. The smallest absolute Gasteiger partial charge is 0.385 e. The van der Waals surface area contributed by atoms with Crippen molar-refractivity contribution < 1.29 is 23.0 Å². The van der Waals surface area contributed by atoms with E-state index in [0.717, 1.165) is 38.3 Å². The Kier molecular flexibility index (Phi) is 4.67. The van der Waals surface area contributed by atoms with E-state index in [0.29, 0.717) is 37.4 Å². The average Bonchev–Trinajstić information content (AvgIpc) is 3.02. The van der Waals surface area contributed by atoms with Gasteiger partial charge in [-0.1, -0.05) is 12.1 Å². The molecule has 1 aromatic rings. The number of rotatable bonds is 3. The second-order valence-corrected chi connectivity index (χ2v) is 6.64. The molecule has 128 valence electrons. The highest BCUT2D eigenvalue weighted by Crippen LogP contribution is 2.37. The summed E-state index contributed by atoms with van der Waals surface area (Å²) in [6.07, 6.45) is -2.40. The zero-order valence-electron chi connectivity index (χ0n) is 13.0. The number of hydrogen-bond acceptors (Lipinski definition) is 3. The van der Waals surface area contributed by atoms with Crippen molar-refractivity contribution >= 4 is 0 Å². The van der Waals surface area contributed by atoms with Crippen molar-refractivity contribution in [3.05, 3.63) is 35.4 Å². The maximum Gasteiger partial charge on any atom is 0.416 e. The zero-order valence-corrected chi connectivity index (χ0v) is 13.0. The molecule has 6 heteroatoms. The predicted molar refractivity (Wildman–Crippen MR) is 79.9 cm³/mol. The lowest BCUT2D eigenvalue weighted by atomic mass is 9.83. The van der Waals surface area contributed by atoms with Gasteiger partial charge in [-0.3, -0.25) is 0 Å². The summed E-state index contributed by atoms with van der Waals surface area (Å²) in [5.74, 6) is 0.537. The Hall–Kier alpha value is -1.11. The quantitative estimate of drug-likeness (QED) is 0.925. The molecule has 0 bridgehead atoms. The number of alkyl halides is 3. The van der Waals surface area contributed by atoms with E-state index in [1.165, 1.54) is 6.07 Å². The first-order chi connectivity index (χ1) is 10.9. The van der Waals surface area contributed by atoms with Crippen LogP contribution in [0.5, 0.6) is 0 Å². The number of piperidine rings is 1. The van der Waals surface area contributed by atoms with Crippen molar-refractivity contribution in [1.29, 1.82) is 0 Å². The number of halogens is 3. The molecule has 1 atom stereocenters. The highest BCUT2D eigenvalue weighted by atomic mass is 19.4. The van der Waals surface area contributed by atoms with Crippen molar-refractivity contribution in [2.24, 2.45) is 5.92 Å². The third-order valence-electron chi connectivity index (χ3n) is 4.95. The molecule has 0 amide bonds. The molecule has 1 N–H and O–H groups in total. The van der Waals surface area contributed by atoms with E-state index < -0.39 is 17.3 Å². The van der Waals surface area contributed by atoms with Crippen molar-refractivity contribution in [2.45, 2.75) is 31.0 Å². The summed E-state index contributed by atoms with van der Waals surface area (Å²) in [5.41, 5.74) is -1.49. The molecule has 2 heterocycles. The summed E-state index contributed by atoms with van der Waals surface area (Å²) in [6, 6.07) is 5.09. The van der Waals surface area contributed by atoms with Gasteiger partial charge in [-0.15, -0.1) is 0 Å². The molecule has 0 spiro atoms. The van der Waals surface area contributed by atoms with Crippen molar-refractivity contribution in [3.63, 3.8) is 0 Å². The van der Waals surface area contributed by atoms with Gasteiger partial charge in [-0.25, -0.2) is 0 Å². The lowest BCUT2D eigenvalue weighted by molar-refractivity contribution is -0.137. The molecule has 3 nitrogen and oxygen atoms in total. The Labute approximate surface area is 134 Å². The molecule has 0 radical (unpaired) electrons. The maximum absolute atomic E-state index is 12.8. The minimum atomic E-state index is -4.38. The molecule has 0 aromatic heterocycles. The molecule has 23 heavy (non-hydrogen) atoms. The normalized spacial score (nSPS) is 25.7. The van der Waals surface area contributed by atoms with Crippen LogP contribution in [0.15, 0.2) is 24.3 Å². The van der Waals surface area contributed by atoms with Gasteiger partial charge in [0.25, 0.3) is 0 Å². The van der Waals surface area contributed by atoms with Crippen LogP contribution in [0.1, 0.15) is 30.4 Å². The Morgan fingerprint density at radius 3 is 2.61 bits per heavy atom. The highest BCUT2D eigenvalue weighted by molar-refractivity contribution is 5.30. The van der Waals surface area contributed by atoms with E-state index >= 15 is 0 Å². The summed E-state index contributed by atoms with van der Waals surface area (Å²) in [4.78, 5) is 2.28. The molecule has 3 rings (SSSR count). The first kappa shape index (κ1) is 16.7. The molecule has 1 unspecified atom stereocenters. The van der Waals surface area contributed by atoms with E-state index in [4.69, 9.17) is 4.74 Å². The van der Waals surface area contributed by atoms with Crippen LogP contribution in [-0.2, 0) is 16.5 Å². The monoisotopic (exact) mass is 329 g/mol. The lowest BCUT2D eigenvalue weighted by Gasteiger charge is -2.39. The third-order valence-corrected chi connectivity index (χ3v) is 4.95. The fourth-order valence-corrected chi connectivity index (χ4v) is 3.47. The van der Waals surface area contributed by atoms with Gasteiger partial charge in [0.15, 0.2) is 0 Å². The Morgan fingerprint density at radius 1 is 1.26 bits per heavy atom.